The molecule has 22 heavy (non-hydrogen) atoms. The van der Waals surface area contributed by atoms with E-state index in [9.17, 15) is 9.59 Å². The van der Waals surface area contributed by atoms with Gasteiger partial charge in [0.1, 0.15) is 0 Å². The van der Waals surface area contributed by atoms with Gasteiger partial charge >= 0.3 is 0 Å². The monoisotopic (exact) mass is 367 g/mol. The second-order valence-electron chi connectivity index (χ2n) is 6.63. The third kappa shape index (κ3) is 7.21. The van der Waals surface area contributed by atoms with E-state index in [0.717, 1.165) is 18.5 Å². The number of ketones is 1. The highest BCUT2D eigenvalue weighted by Crippen LogP contribution is 2.20. The number of benzene rings is 1. The molecular formula is C18H26BrNO2. The second kappa shape index (κ2) is 9.09. The summed E-state index contributed by atoms with van der Waals surface area (Å²) >= 11 is 3.08. The van der Waals surface area contributed by atoms with Crippen molar-refractivity contribution < 1.29 is 9.59 Å². The number of amides is 1. The first-order chi connectivity index (χ1) is 10.3. The van der Waals surface area contributed by atoms with E-state index in [1.165, 1.54) is 11.1 Å². The number of hydrogen-bond acceptors (Lipinski definition) is 2. The number of alkyl halides is 1. The number of nitrogens with one attached hydrogen (secondary N) is 1. The van der Waals surface area contributed by atoms with Gasteiger partial charge in [0, 0.05) is 5.69 Å². The molecular weight excluding hydrogens is 342 g/mol. The zero-order valence-corrected chi connectivity index (χ0v) is 15.5. The molecule has 0 saturated heterocycles. The van der Waals surface area contributed by atoms with Gasteiger partial charge in [-0.2, -0.15) is 0 Å². The number of halogens is 1. The minimum absolute atomic E-state index is 0.0842. The first-order valence-electron chi connectivity index (χ1n) is 7.80. The molecule has 0 unspecified atom stereocenters. The first kappa shape index (κ1) is 18.9. The van der Waals surface area contributed by atoms with Crippen molar-refractivity contribution in [2.24, 2.45) is 11.8 Å². The van der Waals surface area contributed by atoms with Crippen LogP contribution in [-0.2, 0) is 22.4 Å². The Labute approximate surface area is 142 Å². The number of Topliss-reactive ketones (excluding diaryl/α,β-unsaturated/α-hetero) is 1. The number of carbonyl (C=O) groups is 2. The van der Waals surface area contributed by atoms with Crippen LogP contribution in [0.3, 0.4) is 0 Å². The maximum absolute atomic E-state index is 11.9. The maximum Gasteiger partial charge on any atom is 0.231 e. The Morgan fingerprint density at radius 2 is 1.50 bits per heavy atom. The van der Waals surface area contributed by atoms with Crippen LogP contribution in [0.1, 0.15) is 45.2 Å². The van der Waals surface area contributed by atoms with Crippen molar-refractivity contribution in [2.45, 2.75) is 47.0 Å². The molecule has 1 amide bonds. The van der Waals surface area contributed by atoms with Crippen LogP contribution in [0, 0.1) is 11.8 Å². The molecule has 0 fully saturated rings. The van der Waals surface area contributed by atoms with Crippen LogP contribution < -0.4 is 5.32 Å². The summed E-state index contributed by atoms with van der Waals surface area (Å²) in [6.07, 6.45) is 1.88. The van der Waals surface area contributed by atoms with Crippen molar-refractivity contribution in [3.63, 3.8) is 0 Å². The van der Waals surface area contributed by atoms with Crippen LogP contribution in [0.15, 0.2) is 18.2 Å². The fourth-order valence-corrected chi connectivity index (χ4v) is 2.64. The van der Waals surface area contributed by atoms with Crippen molar-refractivity contribution in [2.75, 3.05) is 10.6 Å². The normalized spacial score (nSPS) is 11.0. The molecule has 3 nitrogen and oxygen atoms in total. The summed E-state index contributed by atoms with van der Waals surface area (Å²) in [7, 11) is 0. The second-order valence-corrected chi connectivity index (χ2v) is 7.19. The van der Waals surface area contributed by atoms with Gasteiger partial charge in [-0.25, -0.2) is 0 Å². The molecule has 0 bridgehead atoms. The molecule has 4 heteroatoms. The van der Waals surface area contributed by atoms with Gasteiger partial charge in [0.25, 0.3) is 0 Å². The third-order valence-corrected chi connectivity index (χ3v) is 3.76. The van der Waals surface area contributed by atoms with Crippen molar-refractivity contribution >= 4 is 33.3 Å². The Kier molecular flexibility index (Phi) is 7.80. The summed E-state index contributed by atoms with van der Waals surface area (Å²) in [5, 5.41) is 3.07. The van der Waals surface area contributed by atoms with E-state index in [1.807, 2.05) is 12.1 Å². The van der Waals surface area contributed by atoms with Crippen molar-refractivity contribution in [1.29, 1.82) is 0 Å². The molecule has 0 aliphatic carbocycles. The molecule has 0 spiro atoms. The van der Waals surface area contributed by atoms with Gasteiger partial charge in [0.2, 0.25) is 5.91 Å². The Morgan fingerprint density at radius 1 is 1.00 bits per heavy atom. The van der Waals surface area contributed by atoms with Crippen LogP contribution >= 0.6 is 15.9 Å². The van der Waals surface area contributed by atoms with Crippen LogP contribution in [-0.4, -0.2) is 17.0 Å². The predicted octanol–water partition coefficient (Wildman–Crippen LogP) is 4.38. The molecule has 0 aliphatic rings. The highest BCUT2D eigenvalue weighted by Gasteiger charge is 2.11. The number of hydrogen-bond donors (Lipinski definition) is 1. The molecule has 1 aromatic rings. The lowest BCUT2D eigenvalue weighted by atomic mass is 9.96. The summed E-state index contributed by atoms with van der Waals surface area (Å²) in [6, 6.07) is 6.25. The summed E-state index contributed by atoms with van der Waals surface area (Å²) in [5.41, 5.74) is 3.26. The smallest absolute Gasteiger partial charge is 0.231 e. The van der Waals surface area contributed by atoms with Crippen molar-refractivity contribution in [3.05, 3.63) is 29.3 Å². The first-order valence-corrected chi connectivity index (χ1v) is 8.92. The molecule has 0 aromatic heterocycles. The van der Waals surface area contributed by atoms with Crippen LogP contribution in [0.2, 0.25) is 0 Å². The minimum atomic E-state index is -0.248. The number of anilines is 1. The van der Waals surface area contributed by atoms with E-state index < -0.39 is 0 Å². The Bertz CT molecular complexity index is 496. The van der Waals surface area contributed by atoms with Gasteiger partial charge in [-0.15, -0.1) is 0 Å². The number of rotatable bonds is 8. The molecule has 122 valence electrons. The van der Waals surface area contributed by atoms with Crippen LogP contribution in [0.25, 0.3) is 0 Å². The van der Waals surface area contributed by atoms with E-state index in [2.05, 4.69) is 55.0 Å². The van der Waals surface area contributed by atoms with Gasteiger partial charge in [-0.3, -0.25) is 9.59 Å². The molecule has 1 aromatic carbocycles. The molecule has 1 N–H and O–H groups in total. The van der Waals surface area contributed by atoms with E-state index in [1.54, 1.807) is 0 Å². The molecule has 0 saturated carbocycles. The Balaban J connectivity index is 2.91. The topological polar surface area (TPSA) is 46.2 Å². The van der Waals surface area contributed by atoms with Gasteiger partial charge in [-0.05, 0) is 47.9 Å². The summed E-state index contributed by atoms with van der Waals surface area (Å²) < 4.78 is 0. The highest BCUT2D eigenvalue weighted by molar-refractivity contribution is 9.09. The van der Waals surface area contributed by atoms with Crippen LogP contribution in [0.4, 0.5) is 5.69 Å². The molecule has 0 aliphatic heterocycles. The predicted molar refractivity (Wildman–Crippen MR) is 95.6 cm³/mol. The summed E-state index contributed by atoms with van der Waals surface area (Å²) in [5.74, 6) is 0.764. The average molecular weight is 368 g/mol. The van der Waals surface area contributed by atoms with Crippen molar-refractivity contribution in [1.82, 2.24) is 0 Å². The van der Waals surface area contributed by atoms with Gasteiger partial charge in [0.15, 0.2) is 5.78 Å². The average Bonchev–Trinajstić information content (AvgIpc) is 2.36. The Morgan fingerprint density at radius 3 is 1.91 bits per heavy atom. The van der Waals surface area contributed by atoms with E-state index in [4.69, 9.17) is 0 Å². The third-order valence-electron chi connectivity index (χ3n) is 3.13. The van der Waals surface area contributed by atoms with Gasteiger partial charge in [-0.1, -0.05) is 49.7 Å². The Hall–Kier alpha value is -1.16. The minimum Gasteiger partial charge on any atom is -0.326 e. The van der Waals surface area contributed by atoms with E-state index in [0.29, 0.717) is 11.8 Å². The standard InChI is InChI=1S/C18H26BrNO2/c1-12(2)5-14-7-15(6-13(3)4)9-16(8-14)20-18(22)10-17(21)11-19/h7-9,12-13H,5-6,10-11H2,1-4H3,(H,20,22). The van der Waals surface area contributed by atoms with Gasteiger partial charge in [0.05, 0.1) is 11.8 Å². The van der Waals surface area contributed by atoms with Crippen LogP contribution in [0.5, 0.6) is 0 Å². The molecule has 0 radical (unpaired) electrons. The molecule has 0 heterocycles. The molecule has 1 rings (SSSR count). The number of carbonyl (C=O) groups excluding carboxylic acids is 2. The fraction of sp³-hybridized carbons (Fsp3) is 0.556. The van der Waals surface area contributed by atoms with Gasteiger partial charge < -0.3 is 5.32 Å². The summed E-state index contributed by atoms with van der Waals surface area (Å²) in [6.45, 7) is 8.73. The lowest BCUT2D eigenvalue weighted by Gasteiger charge is -2.13. The molecule has 0 atom stereocenters. The lowest BCUT2D eigenvalue weighted by Crippen LogP contribution is -2.17. The van der Waals surface area contributed by atoms with E-state index >= 15 is 0 Å². The zero-order chi connectivity index (χ0) is 16.7. The van der Waals surface area contributed by atoms with Crippen molar-refractivity contribution in [3.8, 4) is 0 Å². The fourth-order valence-electron chi connectivity index (χ4n) is 2.44. The zero-order valence-electron chi connectivity index (χ0n) is 13.9. The maximum atomic E-state index is 11.9. The van der Waals surface area contributed by atoms with E-state index in [-0.39, 0.29) is 23.4 Å². The lowest BCUT2D eigenvalue weighted by molar-refractivity contribution is -0.123. The SMILES string of the molecule is CC(C)Cc1cc(CC(C)C)cc(NC(=O)CC(=O)CBr)c1. The largest absolute Gasteiger partial charge is 0.326 e. The highest BCUT2D eigenvalue weighted by atomic mass is 79.9. The quantitative estimate of drug-likeness (QED) is 0.547. The summed E-state index contributed by atoms with van der Waals surface area (Å²) in [4.78, 5) is 23.2.